The van der Waals surface area contributed by atoms with Crippen molar-refractivity contribution >= 4 is 16.6 Å². The molecule has 4 aromatic rings. The zero-order valence-corrected chi connectivity index (χ0v) is 13.7. The summed E-state index contributed by atoms with van der Waals surface area (Å²) in [6, 6.07) is 10.6. The van der Waals surface area contributed by atoms with Crippen molar-refractivity contribution in [2.75, 3.05) is 0 Å². The third-order valence-corrected chi connectivity index (χ3v) is 4.31. The van der Waals surface area contributed by atoms with E-state index >= 15 is 0 Å². The van der Waals surface area contributed by atoms with Gasteiger partial charge in [-0.05, 0) is 31.0 Å². The van der Waals surface area contributed by atoms with Gasteiger partial charge in [0.1, 0.15) is 11.5 Å². The van der Waals surface area contributed by atoms with E-state index in [0.29, 0.717) is 5.82 Å². The average molecular weight is 344 g/mol. The highest BCUT2D eigenvalue weighted by Gasteiger charge is 2.38. The molecular formula is C18H15F3N4. The summed E-state index contributed by atoms with van der Waals surface area (Å²) < 4.78 is 43.9. The molecule has 4 rings (SSSR count). The fourth-order valence-electron chi connectivity index (χ4n) is 3.25. The number of hydrogen-bond donors (Lipinski definition) is 0. The number of pyridine rings is 1. The van der Waals surface area contributed by atoms with Crippen molar-refractivity contribution in [1.29, 1.82) is 0 Å². The fourth-order valence-corrected chi connectivity index (χ4v) is 3.25. The maximum atomic E-state index is 13.7. The molecule has 0 N–H and O–H groups in total. The summed E-state index contributed by atoms with van der Waals surface area (Å²) in [7, 11) is 0. The van der Waals surface area contributed by atoms with E-state index in [2.05, 4.69) is 10.1 Å². The summed E-state index contributed by atoms with van der Waals surface area (Å²) >= 11 is 0. The zero-order valence-electron chi connectivity index (χ0n) is 13.7. The van der Waals surface area contributed by atoms with Crippen LogP contribution in [0.5, 0.6) is 0 Å². The minimum Gasteiger partial charge on any atom is -0.272 e. The van der Waals surface area contributed by atoms with Crippen molar-refractivity contribution < 1.29 is 13.2 Å². The Labute approximate surface area is 141 Å². The number of para-hydroxylation sites is 1. The molecular weight excluding hydrogens is 329 g/mol. The second kappa shape index (κ2) is 5.34. The molecule has 0 bridgehead atoms. The van der Waals surface area contributed by atoms with Gasteiger partial charge >= 0.3 is 6.18 Å². The van der Waals surface area contributed by atoms with Crippen molar-refractivity contribution in [3.63, 3.8) is 0 Å². The van der Waals surface area contributed by atoms with Gasteiger partial charge in [-0.25, -0.2) is 9.67 Å². The first-order valence-corrected chi connectivity index (χ1v) is 7.93. The predicted molar refractivity (Wildman–Crippen MR) is 88.9 cm³/mol. The summed E-state index contributed by atoms with van der Waals surface area (Å²) in [5.74, 6) is 0.321. The third-order valence-electron chi connectivity index (χ3n) is 4.31. The quantitative estimate of drug-likeness (QED) is 0.534. The van der Waals surface area contributed by atoms with E-state index in [-0.39, 0.29) is 17.8 Å². The van der Waals surface area contributed by atoms with E-state index in [0.717, 1.165) is 20.9 Å². The first-order chi connectivity index (χ1) is 11.9. The molecule has 3 heterocycles. The number of aryl methyl sites for hydroxylation is 2. The Kier molecular flexibility index (Phi) is 3.35. The zero-order chi connectivity index (χ0) is 17.8. The molecule has 0 radical (unpaired) electrons. The highest BCUT2D eigenvalue weighted by molar-refractivity contribution is 5.83. The minimum atomic E-state index is -4.50. The van der Waals surface area contributed by atoms with Crippen LogP contribution in [0, 0.1) is 6.92 Å². The summed E-state index contributed by atoms with van der Waals surface area (Å²) in [5.41, 5.74) is 1.29. The van der Waals surface area contributed by atoms with E-state index in [4.69, 9.17) is 0 Å². The maximum Gasteiger partial charge on any atom is 0.433 e. The summed E-state index contributed by atoms with van der Waals surface area (Å²) in [4.78, 5) is 4.17. The Morgan fingerprint density at radius 2 is 1.84 bits per heavy atom. The molecule has 3 aromatic heterocycles. The van der Waals surface area contributed by atoms with Crippen LogP contribution in [0.4, 0.5) is 13.2 Å². The molecule has 7 heteroatoms. The number of halogens is 3. The number of rotatable bonds is 2. The van der Waals surface area contributed by atoms with Crippen molar-refractivity contribution in [1.82, 2.24) is 19.2 Å². The van der Waals surface area contributed by atoms with Gasteiger partial charge in [0.05, 0.1) is 17.4 Å². The van der Waals surface area contributed by atoms with Gasteiger partial charge in [-0.2, -0.15) is 18.3 Å². The molecule has 0 saturated heterocycles. The lowest BCUT2D eigenvalue weighted by molar-refractivity contribution is -0.142. The van der Waals surface area contributed by atoms with Gasteiger partial charge in [-0.15, -0.1) is 0 Å². The van der Waals surface area contributed by atoms with Gasteiger partial charge in [0.15, 0.2) is 5.69 Å². The van der Waals surface area contributed by atoms with E-state index in [1.54, 1.807) is 36.0 Å². The molecule has 0 atom stereocenters. The molecule has 0 spiro atoms. The second-order valence-electron chi connectivity index (χ2n) is 5.91. The van der Waals surface area contributed by atoms with Crippen LogP contribution in [0.15, 0.2) is 42.6 Å². The van der Waals surface area contributed by atoms with E-state index in [1.807, 2.05) is 25.1 Å². The Bertz CT molecular complexity index is 1090. The monoisotopic (exact) mass is 344 g/mol. The van der Waals surface area contributed by atoms with Crippen molar-refractivity contribution in [2.24, 2.45) is 0 Å². The average Bonchev–Trinajstić information content (AvgIpc) is 3.15. The molecule has 0 amide bonds. The molecule has 0 unspecified atom stereocenters. The van der Waals surface area contributed by atoms with Crippen LogP contribution >= 0.6 is 0 Å². The van der Waals surface area contributed by atoms with Crippen LogP contribution in [0.1, 0.15) is 23.9 Å². The predicted octanol–water partition coefficient (Wildman–Crippen LogP) is 4.56. The second-order valence-corrected chi connectivity index (χ2v) is 5.91. The van der Waals surface area contributed by atoms with Crippen LogP contribution < -0.4 is 0 Å². The summed E-state index contributed by atoms with van der Waals surface area (Å²) in [5, 5.41) is 5.21. The smallest absolute Gasteiger partial charge is 0.272 e. The summed E-state index contributed by atoms with van der Waals surface area (Å²) in [6.45, 7) is 3.58. The fraction of sp³-hybridized carbons (Fsp3) is 0.222. The molecule has 0 aliphatic carbocycles. The number of fused-ring (bicyclic) bond motifs is 2. The van der Waals surface area contributed by atoms with E-state index in [1.165, 1.54) is 0 Å². The Hall–Kier alpha value is -2.83. The Morgan fingerprint density at radius 3 is 2.56 bits per heavy atom. The highest BCUT2D eigenvalue weighted by Crippen LogP contribution is 2.35. The first kappa shape index (κ1) is 15.7. The molecule has 1 aromatic carbocycles. The molecule has 25 heavy (non-hydrogen) atoms. The molecule has 4 nitrogen and oxygen atoms in total. The van der Waals surface area contributed by atoms with Gasteiger partial charge in [-0.1, -0.05) is 31.2 Å². The Morgan fingerprint density at radius 1 is 1.08 bits per heavy atom. The number of imidazole rings is 1. The number of benzene rings is 1. The number of aromatic nitrogens is 4. The van der Waals surface area contributed by atoms with Crippen molar-refractivity contribution in [3.05, 3.63) is 59.5 Å². The van der Waals surface area contributed by atoms with Crippen LogP contribution in [0.25, 0.3) is 22.4 Å². The topological polar surface area (TPSA) is 35.1 Å². The van der Waals surface area contributed by atoms with Crippen LogP contribution in [0.2, 0.25) is 0 Å². The number of alkyl halides is 3. The Balaban J connectivity index is 2.14. The largest absolute Gasteiger partial charge is 0.433 e. The normalized spacial score (nSPS) is 12.4. The SMILES string of the molecule is CCc1nc2cccc(-n3ncc4cccc(C)c43)n2c1C(F)(F)F. The minimum absolute atomic E-state index is 0.0353. The van der Waals surface area contributed by atoms with Crippen LogP contribution in [-0.2, 0) is 12.6 Å². The maximum absolute atomic E-state index is 13.7. The first-order valence-electron chi connectivity index (χ1n) is 7.93. The lowest BCUT2D eigenvalue weighted by atomic mass is 10.2. The third kappa shape index (κ3) is 2.30. The van der Waals surface area contributed by atoms with E-state index < -0.39 is 11.9 Å². The van der Waals surface area contributed by atoms with Gasteiger partial charge in [0.25, 0.3) is 0 Å². The van der Waals surface area contributed by atoms with Crippen LogP contribution in [0.3, 0.4) is 0 Å². The molecule has 0 saturated carbocycles. The van der Waals surface area contributed by atoms with Crippen molar-refractivity contribution in [3.8, 4) is 5.82 Å². The van der Waals surface area contributed by atoms with E-state index in [9.17, 15) is 13.2 Å². The van der Waals surface area contributed by atoms with Gasteiger partial charge < -0.3 is 0 Å². The standard InChI is InChI=1S/C18H15F3N4/c1-3-13-17(18(19,20)21)24-14(23-13)8-5-9-15(24)25-16-11(2)6-4-7-12(16)10-22-25/h4-10H,3H2,1-2H3. The summed E-state index contributed by atoms with van der Waals surface area (Å²) in [6.07, 6.45) is -2.64. The van der Waals surface area contributed by atoms with Gasteiger partial charge in [0.2, 0.25) is 0 Å². The molecule has 128 valence electrons. The van der Waals surface area contributed by atoms with Gasteiger partial charge in [0, 0.05) is 5.39 Å². The number of nitrogens with zero attached hydrogens (tertiary/aromatic N) is 4. The number of hydrogen-bond acceptors (Lipinski definition) is 2. The molecule has 0 aliphatic rings. The van der Waals surface area contributed by atoms with Crippen LogP contribution in [-0.4, -0.2) is 19.2 Å². The van der Waals surface area contributed by atoms with Gasteiger partial charge in [-0.3, -0.25) is 4.40 Å². The molecule has 0 fully saturated rings. The lowest BCUT2D eigenvalue weighted by Crippen LogP contribution is -2.15. The van der Waals surface area contributed by atoms with Crippen molar-refractivity contribution in [2.45, 2.75) is 26.4 Å². The molecule has 0 aliphatic heterocycles. The highest BCUT2D eigenvalue weighted by atomic mass is 19.4. The lowest BCUT2D eigenvalue weighted by Gasteiger charge is -2.13.